The van der Waals surface area contributed by atoms with E-state index in [1.165, 1.54) is 6.33 Å². The number of anilines is 2. The number of fused-ring (bicyclic) bond motifs is 1. The van der Waals surface area contributed by atoms with Gasteiger partial charge in [0, 0.05) is 13.0 Å². The molecule has 0 radical (unpaired) electrons. The van der Waals surface area contributed by atoms with Gasteiger partial charge in [-0.2, -0.15) is 5.26 Å². The second-order valence-corrected chi connectivity index (χ2v) is 6.47. The number of benzene rings is 1. The third-order valence-corrected chi connectivity index (χ3v) is 4.47. The van der Waals surface area contributed by atoms with E-state index in [2.05, 4.69) is 20.3 Å². The maximum atomic E-state index is 12.5. The van der Waals surface area contributed by atoms with E-state index in [1.807, 2.05) is 26.1 Å². The summed E-state index contributed by atoms with van der Waals surface area (Å²) in [5.74, 6) is 1.06. The fourth-order valence-electron chi connectivity index (χ4n) is 2.71. The summed E-state index contributed by atoms with van der Waals surface area (Å²) in [6, 6.07) is 7.18. The third-order valence-electron chi connectivity index (χ3n) is 4.15. The van der Waals surface area contributed by atoms with Crippen LogP contribution in [-0.2, 0) is 13.0 Å². The second kappa shape index (κ2) is 10.4. The number of halogens is 1. The Bertz CT molecular complexity index is 1070. The van der Waals surface area contributed by atoms with Gasteiger partial charge in [0.05, 0.1) is 15.9 Å². The van der Waals surface area contributed by atoms with Gasteiger partial charge in [-0.3, -0.25) is 9.36 Å². The van der Waals surface area contributed by atoms with E-state index in [0.29, 0.717) is 22.5 Å². The minimum Gasteiger partial charge on any atom is -0.382 e. The Hall–Kier alpha value is -3.22. The monoisotopic (exact) mass is 414 g/mol. The fraction of sp³-hybridized carbons (Fsp3) is 0.316. The maximum Gasteiger partial charge on any atom is 0.262 e. The van der Waals surface area contributed by atoms with Crippen molar-refractivity contribution < 1.29 is 0 Å². The molecule has 0 aliphatic carbocycles. The molecule has 3 rings (SSSR count). The number of nitriles is 1. The highest BCUT2D eigenvalue weighted by molar-refractivity contribution is 6.35. The van der Waals surface area contributed by atoms with E-state index >= 15 is 0 Å². The van der Waals surface area contributed by atoms with Crippen molar-refractivity contribution in [2.45, 2.75) is 26.3 Å². The molecule has 2 heterocycles. The number of aryl methyl sites for hydroxylation is 1. The Labute approximate surface area is 173 Å². The number of nitrogen functional groups attached to an aromatic ring is 2. The van der Waals surface area contributed by atoms with Crippen LogP contribution in [0.2, 0.25) is 5.02 Å². The van der Waals surface area contributed by atoms with Crippen LogP contribution in [0.3, 0.4) is 0 Å². The Morgan fingerprint density at radius 2 is 1.97 bits per heavy atom. The van der Waals surface area contributed by atoms with Crippen LogP contribution in [0.15, 0.2) is 29.3 Å². The molecule has 0 bridgehead atoms. The average molecular weight is 415 g/mol. The molecule has 9 nitrogen and oxygen atoms in total. The molecule has 0 fully saturated rings. The third kappa shape index (κ3) is 5.19. The van der Waals surface area contributed by atoms with E-state index in [9.17, 15) is 4.79 Å². The molecule has 0 saturated carbocycles. The topological polar surface area (TPSA) is 149 Å². The van der Waals surface area contributed by atoms with Crippen molar-refractivity contribution in [3.8, 4) is 6.07 Å². The quantitative estimate of drug-likeness (QED) is 0.534. The van der Waals surface area contributed by atoms with Crippen LogP contribution >= 0.6 is 11.6 Å². The number of rotatable bonds is 5. The molecule has 0 saturated heterocycles. The van der Waals surface area contributed by atoms with Gasteiger partial charge in [0.1, 0.15) is 35.4 Å². The van der Waals surface area contributed by atoms with E-state index in [1.54, 1.807) is 16.7 Å². The SMILES string of the molecule is CCc1nc2cccc(Cl)c2c(=O)n1CCCNC.N#Cc1c(N)ncnc1N. The van der Waals surface area contributed by atoms with Gasteiger partial charge >= 0.3 is 0 Å². The van der Waals surface area contributed by atoms with Gasteiger partial charge in [-0.25, -0.2) is 15.0 Å². The van der Waals surface area contributed by atoms with Gasteiger partial charge in [-0.05, 0) is 32.1 Å². The Morgan fingerprint density at radius 3 is 2.52 bits per heavy atom. The van der Waals surface area contributed by atoms with Crippen LogP contribution in [0.4, 0.5) is 11.6 Å². The van der Waals surface area contributed by atoms with Gasteiger partial charge in [-0.1, -0.05) is 24.6 Å². The van der Waals surface area contributed by atoms with E-state index in [-0.39, 0.29) is 22.8 Å². The molecular weight excluding hydrogens is 392 g/mol. The first kappa shape index (κ1) is 22.1. The van der Waals surface area contributed by atoms with Crippen LogP contribution in [0.5, 0.6) is 0 Å². The predicted octanol–water partition coefficient (Wildman–Crippen LogP) is 1.73. The zero-order valence-electron chi connectivity index (χ0n) is 16.3. The van der Waals surface area contributed by atoms with E-state index < -0.39 is 0 Å². The van der Waals surface area contributed by atoms with Crippen molar-refractivity contribution in [2.24, 2.45) is 0 Å². The van der Waals surface area contributed by atoms with Crippen molar-refractivity contribution in [3.63, 3.8) is 0 Å². The fourth-order valence-corrected chi connectivity index (χ4v) is 2.96. The molecule has 0 amide bonds. The van der Waals surface area contributed by atoms with Crippen molar-refractivity contribution in [1.29, 1.82) is 5.26 Å². The molecule has 0 atom stereocenters. The number of hydrogen-bond acceptors (Lipinski definition) is 8. The van der Waals surface area contributed by atoms with Gasteiger partial charge in [0.2, 0.25) is 0 Å². The van der Waals surface area contributed by atoms with Crippen molar-refractivity contribution in [2.75, 3.05) is 25.1 Å². The Morgan fingerprint density at radius 1 is 1.28 bits per heavy atom. The Kier molecular flexibility index (Phi) is 7.88. The highest BCUT2D eigenvalue weighted by Gasteiger charge is 2.11. The summed E-state index contributed by atoms with van der Waals surface area (Å²) in [6.07, 6.45) is 2.84. The normalized spacial score (nSPS) is 10.3. The molecule has 3 aromatic rings. The summed E-state index contributed by atoms with van der Waals surface area (Å²) in [5, 5.41) is 12.5. The molecule has 0 spiro atoms. The summed E-state index contributed by atoms with van der Waals surface area (Å²) in [6.45, 7) is 3.54. The lowest BCUT2D eigenvalue weighted by Crippen LogP contribution is -2.26. The molecular formula is C19H23ClN8O. The molecule has 5 N–H and O–H groups in total. The standard InChI is InChI=1S/C14H18ClN3O.C5H5N5/c1-3-12-17-11-7-4-6-10(15)13(11)14(19)18(12)9-5-8-16-2;6-1-3-4(7)9-2-10-5(3)8/h4,6-7,16H,3,5,8-9H2,1-2H3;2H,(H4,7,8,9,10). The first-order chi connectivity index (χ1) is 13.9. The van der Waals surface area contributed by atoms with E-state index in [0.717, 1.165) is 25.2 Å². The molecule has 152 valence electrons. The van der Waals surface area contributed by atoms with Gasteiger partial charge in [0.25, 0.3) is 5.56 Å². The lowest BCUT2D eigenvalue weighted by atomic mass is 10.2. The maximum absolute atomic E-state index is 12.5. The van der Waals surface area contributed by atoms with Crippen LogP contribution < -0.4 is 22.3 Å². The molecule has 0 unspecified atom stereocenters. The van der Waals surface area contributed by atoms with Crippen molar-refractivity contribution in [3.05, 3.63) is 51.3 Å². The number of nitrogens with two attached hydrogens (primary N) is 2. The summed E-state index contributed by atoms with van der Waals surface area (Å²) >= 11 is 6.13. The van der Waals surface area contributed by atoms with Gasteiger partial charge < -0.3 is 16.8 Å². The molecule has 0 aliphatic rings. The Balaban J connectivity index is 0.000000253. The number of hydrogen-bond donors (Lipinski definition) is 3. The van der Waals surface area contributed by atoms with Gasteiger partial charge in [-0.15, -0.1) is 0 Å². The van der Waals surface area contributed by atoms with Gasteiger partial charge in [0.15, 0.2) is 0 Å². The van der Waals surface area contributed by atoms with Crippen LogP contribution in [-0.4, -0.2) is 33.1 Å². The van der Waals surface area contributed by atoms with Crippen molar-refractivity contribution in [1.82, 2.24) is 24.8 Å². The van der Waals surface area contributed by atoms with Crippen LogP contribution in [0.25, 0.3) is 10.9 Å². The molecule has 10 heteroatoms. The number of nitrogens with one attached hydrogen (secondary N) is 1. The highest BCUT2D eigenvalue weighted by atomic mass is 35.5. The summed E-state index contributed by atoms with van der Waals surface area (Å²) in [7, 11) is 1.90. The number of nitrogens with zero attached hydrogens (tertiary/aromatic N) is 5. The molecule has 2 aromatic heterocycles. The summed E-state index contributed by atoms with van der Waals surface area (Å²) < 4.78 is 1.74. The molecule has 29 heavy (non-hydrogen) atoms. The largest absolute Gasteiger partial charge is 0.382 e. The summed E-state index contributed by atoms with van der Waals surface area (Å²) in [4.78, 5) is 24.2. The second-order valence-electron chi connectivity index (χ2n) is 6.06. The van der Waals surface area contributed by atoms with E-state index in [4.69, 9.17) is 28.3 Å². The first-order valence-corrected chi connectivity index (χ1v) is 9.40. The highest BCUT2D eigenvalue weighted by Crippen LogP contribution is 2.19. The summed E-state index contributed by atoms with van der Waals surface area (Å²) in [5.41, 5.74) is 11.3. The average Bonchev–Trinajstić information content (AvgIpc) is 2.70. The minimum atomic E-state index is -0.0384. The molecule has 1 aromatic carbocycles. The molecule has 0 aliphatic heterocycles. The lowest BCUT2D eigenvalue weighted by Gasteiger charge is -2.12. The number of aromatic nitrogens is 4. The minimum absolute atomic E-state index is 0.0384. The smallest absolute Gasteiger partial charge is 0.262 e. The zero-order chi connectivity index (χ0) is 21.4. The predicted molar refractivity (Wildman–Crippen MR) is 115 cm³/mol. The zero-order valence-corrected chi connectivity index (χ0v) is 17.1. The first-order valence-electron chi connectivity index (χ1n) is 9.03. The van der Waals surface area contributed by atoms with Crippen LogP contribution in [0.1, 0.15) is 24.7 Å². The lowest BCUT2D eigenvalue weighted by molar-refractivity contribution is 0.570. The van der Waals surface area contributed by atoms with Crippen molar-refractivity contribution >= 4 is 34.1 Å². The van der Waals surface area contributed by atoms with Crippen LogP contribution in [0, 0.1) is 11.3 Å².